The quantitative estimate of drug-likeness (QED) is 0.756. The summed E-state index contributed by atoms with van der Waals surface area (Å²) in [5, 5.41) is 14.7. The number of rotatable bonds is 5. The zero-order valence-electron chi connectivity index (χ0n) is 14.5. The molecule has 138 valence electrons. The number of carboxylic acids is 1. The Bertz CT molecular complexity index is 772. The van der Waals surface area contributed by atoms with Gasteiger partial charge >= 0.3 is 12.0 Å². The van der Waals surface area contributed by atoms with Crippen molar-refractivity contribution < 1.29 is 19.4 Å². The Morgan fingerprint density at radius 1 is 1.35 bits per heavy atom. The molecule has 1 aromatic heterocycles. The summed E-state index contributed by atoms with van der Waals surface area (Å²) in [5.41, 5.74) is 1.04. The van der Waals surface area contributed by atoms with Crippen molar-refractivity contribution in [2.24, 2.45) is 7.05 Å². The molecule has 0 saturated carbocycles. The molecule has 1 aliphatic rings. The number of amides is 2. The number of aryl methyl sites for hydroxylation is 1. The molecule has 1 aromatic carbocycles. The average molecular weight is 358 g/mol. The zero-order chi connectivity index (χ0) is 18.5. The number of urea groups is 1. The van der Waals surface area contributed by atoms with E-state index in [0.717, 1.165) is 24.2 Å². The maximum absolute atomic E-state index is 12.3. The van der Waals surface area contributed by atoms with E-state index < -0.39 is 5.97 Å². The lowest BCUT2D eigenvalue weighted by Gasteiger charge is -2.31. The van der Waals surface area contributed by atoms with Crippen molar-refractivity contribution in [3.05, 3.63) is 53.6 Å². The van der Waals surface area contributed by atoms with Gasteiger partial charge in [0.2, 0.25) is 0 Å². The highest BCUT2D eigenvalue weighted by Crippen LogP contribution is 2.27. The van der Waals surface area contributed by atoms with Gasteiger partial charge in [0.25, 0.3) is 0 Å². The predicted molar refractivity (Wildman–Crippen MR) is 93.7 cm³/mol. The van der Waals surface area contributed by atoms with Gasteiger partial charge in [-0.15, -0.1) is 0 Å². The fourth-order valence-corrected chi connectivity index (χ4v) is 3.00. The van der Waals surface area contributed by atoms with Crippen LogP contribution in [0.4, 0.5) is 4.79 Å². The molecule has 2 aromatic rings. The van der Waals surface area contributed by atoms with Crippen LogP contribution in [0.1, 0.15) is 40.7 Å². The van der Waals surface area contributed by atoms with Gasteiger partial charge in [-0.05, 0) is 30.5 Å². The van der Waals surface area contributed by atoms with Crippen molar-refractivity contribution in [1.82, 2.24) is 20.2 Å². The fraction of sp³-hybridized carbons (Fsp3) is 0.389. The van der Waals surface area contributed by atoms with Gasteiger partial charge in [-0.1, -0.05) is 12.1 Å². The zero-order valence-corrected chi connectivity index (χ0v) is 14.5. The molecule has 8 nitrogen and oxygen atoms in total. The topological polar surface area (TPSA) is 105 Å². The van der Waals surface area contributed by atoms with Gasteiger partial charge in [0, 0.05) is 32.6 Å². The first-order valence-corrected chi connectivity index (χ1v) is 8.50. The van der Waals surface area contributed by atoms with Gasteiger partial charge in [-0.25, -0.2) is 14.6 Å². The summed E-state index contributed by atoms with van der Waals surface area (Å²) < 4.78 is 7.73. The number of carbonyl (C=O) groups excluding carboxylic acids is 1. The number of ether oxygens (including phenoxy) is 1. The molecule has 0 unspecified atom stereocenters. The third-order valence-corrected chi connectivity index (χ3v) is 4.41. The fourth-order valence-electron chi connectivity index (χ4n) is 3.00. The first-order valence-electron chi connectivity index (χ1n) is 8.50. The second-order valence-electron chi connectivity index (χ2n) is 6.27. The van der Waals surface area contributed by atoms with Crippen LogP contribution in [0.25, 0.3) is 0 Å². The molecule has 26 heavy (non-hydrogen) atoms. The third kappa shape index (κ3) is 4.20. The van der Waals surface area contributed by atoms with E-state index in [-0.39, 0.29) is 23.7 Å². The molecule has 0 spiro atoms. The minimum atomic E-state index is -0.972. The number of benzene rings is 1. The minimum absolute atomic E-state index is 0.153. The second kappa shape index (κ2) is 8.01. The van der Waals surface area contributed by atoms with Crippen LogP contribution in [0.5, 0.6) is 0 Å². The van der Waals surface area contributed by atoms with Crippen molar-refractivity contribution in [1.29, 1.82) is 0 Å². The van der Waals surface area contributed by atoms with Crippen LogP contribution in [0.3, 0.4) is 0 Å². The maximum Gasteiger partial charge on any atom is 0.335 e. The Balaban J connectivity index is 1.56. The van der Waals surface area contributed by atoms with Gasteiger partial charge in [0.05, 0.1) is 11.6 Å². The molecule has 2 amide bonds. The van der Waals surface area contributed by atoms with E-state index in [1.807, 2.05) is 17.8 Å². The normalized spacial score (nSPS) is 19.7. The first kappa shape index (κ1) is 17.9. The summed E-state index contributed by atoms with van der Waals surface area (Å²) in [5.74, 6) is -0.181. The minimum Gasteiger partial charge on any atom is -0.478 e. The van der Waals surface area contributed by atoms with Crippen molar-refractivity contribution >= 4 is 12.0 Å². The first-order chi connectivity index (χ1) is 12.5. The van der Waals surface area contributed by atoms with Crippen LogP contribution in [0, 0.1) is 0 Å². The van der Waals surface area contributed by atoms with E-state index in [9.17, 15) is 9.59 Å². The lowest BCUT2D eigenvalue weighted by Crippen LogP contribution is -2.47. The van der Waals surface area contributed by atoms with Crippen LogP contribution >= 0.6 is 0 Å². The number of carbonyl (C=O) groups is 2. The number of aromatic nitrogens is 2. The molecular formula is C18H22N4O4. The van der Waals surface area contributed by atoms with Gasteiger partial charge in [0.15, 0.2) is 0 Å². The SMILES string of the molecule is Cn1ccnc1[C@H]1OCCC[C@@H]1NC(=O)NCc1ccc(C(=O)O)cc1. The molecule has 8 heteroatoms. The van der Waals surface area contributed by atoms with Crippen LogP contribution in [-0.4, -0.2) is 39.3 Å². The number of hydrogen-bond acceptors (Lipinski definition) is 4. The number of hydrogen-bond donors (Lipinski definition) is 3. The highest BCUT2D eigenvalue weighted by molar-refractivity contribution is 5.87. The van der Waals surface area contributed by atoms with Crippen molar-refractivity contribution in [3.8, 4) is 0 Å². The smallest absolute Gasteiger partial charge is 0.335 e. The number of nitrogens with zero attached hydrogens (tertiary/aromatic N) is 2. The molecule has 0 aliphatic carbocycles. The molecular weight excluding hydrogens is 336 g/mol. The lowest BCUT2D eigenvalue weighted by molar-refractivity contribution is -0.0141. The number of nitrogens with one attached hydrogen (secondary N) is 2. The van der Waals surface area contributed by atoms with E-state index in [1.165, 1.54) is 12.1 Å². The highest BCUT2D eigenvalue weighted by Gasteiger charge is 2.31. The monoisotopic (exact) mass is 358 g/mol. The maximum atomic E-state index is 12.3. The summed E-state index contributed by atoms with van der Waals surface area (Å²) in [6.45, 7) is 0.958. The van der Waals surface area contributed by atoms with Gasteiger partial charge in [-0.3, -0.25) is 0 Å². The van der Waals surface area contributed by atoms with Crippen molar-refractivity contribution in [2.45, 2.75) is 31.5 Å². The molecule has 3 N–H and O–H groups in total. The molecule has 3 rings (SSSR count). The van der Waals surface area contributed by atoms with Crippen LogP contribution in [0.2, 0.25) is 0 Å². The molecule has 2 atom stereocenters. The Hall–Kier alpha value is -2.87. The Morgan fingerprint density at radius 2 is 2.12 bits per heavy atom. The van der Waals surface area contributed by atoms with E-state index in [4.69, 9.17) is 9.84 Å². The Labute approximate surface area is 151 Å². The third-order valence-electron chi connectivity index (χ3n) is 4.41. The van der Waals surface area contributed by atoms with E-state index in [2.05, 4.69) is 15.6 Å². The lowest BCUT2D eigenvalue weighted by atomic mass is 10.0. The van der Waals surface area contributed by atoms with Crippen molar-refractivity contribution in [2.75, 3.05) is 6.61 Å². The van der Waals surface area contributed by atoms with Gasteiger partial charge in [-0.2, -0.15) is 0 Å². The molecule has 1 saturated heterocycles. The van der Waals surface area contributed by atoms with Crippen LogP contribution in [0.15, 0.2) is 36.7 Å². The molecule has 1 fully saturated rings. The summed E-state index contributed by atoms with van der Waals surface area (Å²) in [4.78, 5) is 27.4. The highest BCUT2D eigenvalue weighted by atomic mass is 16.5. The standard InChI is InChI=1S/C18H22N4O4/c1-22-9-8-19-16(22)15-14(3-2-10-26-15)21-18(25)20-11-12-4-6-13(7-5-12)17(23)24/h4-9,14-15H,2-3,10-11H2,1H3,(H,23,24)(H2,20,21,25)/t14-,15-/m0/s1. The number of carboxylic acid groups (broad SMARTS) is 1. The second-order valence-corrected chi connectivity index (χ2v) is 6.27. The van der Waals surface area contributed by atoms with E-state index >= 15 is 0 Å². The molecule has 0 radical (unpaired) electrons. The summed E-state index contributed by atoms with van der Waals surface area (Å²) in [6, 6.07) is 5.96. The Morgan fingerprint density at radius 3 is 2.77 bits per heavy atom. The summed E-state index contributed by atoms with van der Waals surface area (Å²) in [6.07, 6.45) is 4.99. The molecule has 2 heterocycles. The number of aromatic carboxylic acids is 1. The molecule has 1 aliphatic heterocycles. The predicted octanol–water partition coefficient (Wildman–Crippen LogP) is 1.84. The molecule has 0 bridgehead atoms. The van der Waals surface area contributed by atoms with Gasteiger partial charge in [0.1, 0.15) is 11.9 Å². The average Bonchev–Trinajstić information content (AvgIpc) is 3.06. The van der Waals surface area contributed by atoms with Crippen molar-refractivity contribution in [3.63, 3.8) is 0 Å². The van der Waals surface area contributed by atoms with E-state index in [0.29, 0.717) is 13.2 Å². The summed E-state index contributed by atoms with van der Waals surface area (Å²) in [7, 11) is 1.90. The number of imidazole rings is 1. The largest absolute Gasteiger partial charge is 0.478 e. The van der Waals surface area contributed by atoms with Crippen LogP contribution < -0.4 is 10.6 Å². The van der Waals surface area contributed by atoms with Crippen LogP contribution in [-0.2, 0) is 18.3 Å². The van der Waals surface area contributed by atoms with E-state index in [1.54, 1.807) is 18.3 Å². The van der Waals surface area contributed by atoms with Gasteiger partial charge < -0.3 is 25.0 Å². The summed E-state index contributed by atoms with van der Waals surface area (Å²) >= 11 is 0. The Kier molecular flexibility index (Phi) is 5.52.